The normalized spacial score (nSPS) is 15.8. The van der Waals surface area contributed by atoms with Gasteiger partial charge in [0.15, 0.2) is 0 Å². The largest absolute Gasteiger partial charge is 0.481 e. The van der Waals surface area contributed by atoms with E-state index in [4.69, 9.17) is 32.9 Å². The SMILES string of the molecule is COc1nc(-c2cccc(-c3cccc(-c4ccn5c(=O)c(CNCCN6CCCC6=O)cnc5c4)c3Cl)c2Cl)ccc1CNC[C@@H]1CCC(=O)N1. The first-order valence-corrected chi connectivity index (χ1v) is 18.2. The summed E-state index contributed by atoms with van der Waals surface area (Å²) in [6.07, 6.45) is 6.22. The van der Waals surface area contributed by atoms with Gasteiger partial charge >= 0.3 is 0 Å². The lowest BCUT2D eigenvalue weighted by Gasteiger charge is -2.16. The highest BCUT2D eigenvalue weighted by molar-refractivity contribution is 6.39. The van der Waals surface area contributed by atoms with Crippen molar-refractivity contribution < 1.29 is 14.3 Å². The molecule has 7 rings (SSSR count). The smallest absolute Gasteiger partial charge is 0.262 e. The van der Waals surface area contributed by atoms with Crippen molar-refractivity contribution in [3.8, 4) is 39.4 Å². The Morgan fingerprint density at radius 2 is 1.65 bits per heavy atom. The molecule has 5 aromatic rings. The Labute approximate surface area is 311 Å². The van der Waals surface area contributed by atoms with E-state index in [0.29, 0.717) is 78.4 Å². The van der Waals surface area contributed by atoms with Gasteiger partial charge in [0.1, 0.15) is 5.65 Å². The first-order valence-electron chi connectivity index (χ1n) is 17.4. The molecule has 2 aliphatic heterocycles. The predicted octanol–water partition coefficient (Wildman–Crippen LogP) is 5.49. The van der Waals surface area contributed by atoms with Crippen molar-refractivity contribution in [2.45, 2.75) is 44.8 Å². The van der Waals surface area contributed by atoms with Crippen LogP contribution >= 0.6 is 23.2 Å². The average Bonchev–Trinajstić information content (AvgIpc) is 3.77. The summed E-state index contributed by atoms with van der Waals surface area (Å²) < 4.78 is 7.17. The Morgan fingerprint density at radius 1 is 0.904 bits per heavy atom. The molecule has 0 unspecified atom stereocenters. The molecule has 2 fully saturated rings. The third kappa shape index (κ3) is 7.54. The Balaban J connectivity index is 1.09. The van der Waals surface area contributed by atoms with Crippen molar-refractivity contribution in [3.05, 3.63) is 105 Å². The van der Waals surface area contributed by atoms with Gasteiger partial charge in [0.2, 0.25) is 17.7 Å². The van der Waals surface area contributed by atoms with Crippen LogP contribution in [0.2, 0.25) is 10.0 Å². The van der Waals surface area contributed by atoms with Crippen molar-refractivity contribution in [2.24, 2.45) is 0 Å². The van der Waals surface area contributed by atoms with E-state index < -0.39 is 0 Å². The summed E-state index contributed by atoms with van der Waals surface area (Å²) in [5.74, 6) is 0.769. The van der Waals surface area contributed by atoms with Gasteiger partial charge in [0.25, 0.3) is 5.56 Å². The number of carbonyl (C=O) groups is 2. The molecule has 3 aromatic heterocycles. The fourth-order valence-electron chi connectivity index (χ4n) is 6.82. The molecule has 0 spiro atoms. The number of benzene rings is 2. The molecule has 268 valence electrons. The quantitative estimate of drug-likeness (QED) is 0.135. The number of aromatic nitrogens is 3. The number of nitrogens with one attached hydrogen (secondary N) is 3. The number of hydrogen-bond acceptors (Lipinski definition) is 8. The van der Waals surface area contributed by atoms with E-state index in [2.05, 4.69) is 20.9 Å². The molecule has 2 aliphatic rings. The van der Waals surface area contributed by atoms with Gasteiger partial charge in [0.05, 0.1) is 22.8 Å². The van der Waals surface area contributed by atoms with E-state index >= 15 is 0 Å². The van der Waals surface area contributed by atoms with Gasteiger partial charge < -0.3 is 25.6 Å². The van der Waals surface area contributed by atoms with Crippen LogP contribution in [0, 0.1) is 0 Å². The molecule has 1 atom stereocenters. The second kappa shape index (κ2) is 15.8. The van der Waals surface area contributed by atoms with Crippen LogP contribution in [0.1, 0.15) is 36.8 Å². The van der Waals surface area contributed by atoms with Gasteiger partial charge in [-0.25, -0.2) is 9.97 Å². The number of likely N-dealkylation sites (tertiary alicyclic amines) is 1. The standard InChI is InChI=1S/C39H39Cl2N7O4/c1-52-38-25(20-43-23-27-11-13-34(49)45-27)10-12-32(46-38)31-8-3-7-30(37(31)41)29-6-2-5-28(36(29)40)24-14-17-48-33(19-24)44-22-26(39(48)51)21-42-15-18-47-16-4-9-35(47)50/h2-3,5-8,10,12,14,17,19,22,27,42-43H,4,9,11,13,15-16,18,20-21,23H2,1H3,(H,45,49)/t27-/m0/s1. The van der Waals surface area contributed by atoms with Crippen LogP contribution in [0.5, 0.6) is 5.88 Å². The lowest BCUT2D eigenvalue weighted by Crippen LogP contribution is -2.35. The van der Waals surface area contributed by atoms with E-state index in [1.54, 1.807) is 19.5 Å². The third-order valence-electron chi connectivity index (χ3n) is 9.62. The molecule has 0 bridgehead atoms. The number of rotatable bonds is 13. The lowest BCUT2D eigenvalue weighted by atomic mass is 9.97. The maximum Gasteiger partial charge on any atom is 0.262 e. The number of ether oxygens (including phenoxy) is 1. The molecule has 13 heteroatoms. The lowest BCUT2D eigenvalue weighted by molar-refractivity contribution is -0.127. The molecule has 0 aliphatic carbocycles. The maximum atomic E-state index is 13.3. The molecule has 2 aromatic carbocycles. The molecular weight excluding hydrogens is 701 g/mol. The van der Waals surface area contributed by atoms with E-state index in [-0.39, 0.29) is 23.4 Å². The summed E-state index contributed by atoms with van der Waals surface area (Å²) in [6.45, 7) is 3.59. The van der Waals surface area contributed by atoms with Gasteiger partial charge in [-0.05, 0) is 36.6 Å². The van der Waals surface area contributed by atoms with Crippen LogP contribution in [-0.4, -0.2) is 70.4 Å². The zero-order valence-corrected chi connectivity index (χ0v) is 30.3. The van der Waals surface area contributed by atoms with Crippen LogP contribution in [0.15, 0.2) is 77.9 Å². The number of hydrogen-bond donors (Lipinski definition) is 3. The monoisotopic (exact) mass is 739 g/mol. The molecule has 52 heavy (non-hydrogen) atoms. The molecule has 2 saturated heterocycles. The summed E-state index contributed by atoms with van der Waals surface area (Å²) in [5, 5.41) is 10.6. The number of methoxy groups -OCH3 is 1. The fourth-order valence-corrected chi connectivity index (χ4v) is 7.48. The zero-order valence-electron chi connectivity index (χ0n) is 28.8. The Morgan fingerprint density at radius 3 is 2.38 bits per heavy atom. The van der Waals surface area contributed by atoms with Gasteiger partial charge in [0, 0.05) is 104 Å². The molecule has 0 radical (unpaired) electrons. The first kappa shape index (κ1) is 35.6. The van der Waals surface area contributed by atoms with Gasteiger partial charge in [-0.1, -0.05) is 65.7 Å². The summed E-state index contributed by atoms with van der Waals surface area (Å²) in [7, 11) is 1.59. The van der Waals surface area contributed by atoms with E-state index in [1.165, 1.54) is 4.40 Å². The topological polar surface area (TPSA) is 130 Å². The van der Waals surface area contributed by atoms with Crippen molar-refractivity contribution in [1.82, 2.24) is 35.2 Å². The highest BCUT2D eigenvalue weighted by atomic mass is 35.5. The number of nitrogens with zero attached hydrogens (tertiary/aromatic N) is 4. The second-order valence-corrected chi connectivity index (χ2v) is 13.8. The Kier molecular flexibility index (Phi) is 10.8. The zero-order chi connectivity index (χ0) is 36.2. The van der Waals surface area contributed by atoms with Gasteiger partial charge in [-0.2, -0.15) is 0 Å². The van der Waals surface area contributed by atoms with Crippen molar-refractivity contribution in [1.29, 1.82) is 0 Å². The molecule has 0 saturated carbocycles. The highest BCUT2D eigenvalue weighted by Crippen LogP contribution is 2.42. The minimum Gasteiger partial charge on any atom is -0.481 e. The molecule has 2 amide bonds. The van der Waals surface area contributed by atoms with Crippen molar-refractivity contribution >= 4 is 40.7 Å². The predicted molar refractivity (Wildman–Crippen MR) is 203 cm³/mol. The number of halogens is 2. The molecular formula is C39H39Cl2N7O4. The van der Waals surface area contributed by atoms with Crippen LogP contribution in [-0.2, 0) is 22.7 Å². The number of pyridine rings is 2. The summed E-state index contributed by atoms with van der Waals surface area (Å²) in [6, 6.07) is 19.3. The van der Waals surface area contributed by atoms with Gasteiger partial charge in [-0.15, -0.1) is 0 Å². The third-order valence-corrected chi connectivity index (χ3v) is 10.4. The van der Waals surface area contributed by atoms with E-state index in [0.717, 1.165) is 52.8 Å². The van der Waals surface area contributed by atoms with E-state index in [9.17, 15) is 14.4 Å². The fraction of sp³-hybridized carbons (Fsp3) is 0.308. The molecule has 5 heterocycles. The second-order valence-electron chi connectivity index (χ2n) is 13.0. The number of fused-ring (bicyclic) bond motifs is 1. The highest BCUT2D eigenvalue weighted by Gasteiger charge is 2.22. The molecule has 11 nitrogen and oxygen atoms in total. The summed E-state index contributed by atoms with van der Waals surface area (Å²) >= 11 is 14.2. The van der Waals surface area contributed by atoms with Gasteiger partial charge in [-0.3, -0.25) is 18.8 Å². The minimum atomic E-state index is -0.154. The van der Waals surface area contributed by atoms with Crippen LogP contribution in [0.3, 0.4) is 0 Å². The van der Waals surface area contributed by atoms with Crippen molar-refractivity contribution in [3.63, 3.8) is 0 Å². The van der Waals surface area contributed by atoms with Crippen LogP contribution in [0.25, 0.3) is 39.2 Å². The van der Waals surface area contributed by atoms with Crippen molar-refractivity contribution in [2.75, 3.05) is 33.3 Å². The minimum absolute atomic E-state index is 0.0925. The Bertz CT molecular complexity index is 2210. The summed E-state index contributed by atoms with van der Waals surface area (Å²) in [4.78, 5) is 47.9. The van der Waals surface area contributed by atoms with Crippen LogP contribution < -0.4 is 26.2 Å². The number of amides is 2. The van der Waals surface area contributed by atoms with Crippen LogP contribution in [0.4, 0.5) is 0 Å². The summed E-state index contributed by atoms with van der Waals surface area (Å²) in [5.41, 5.74) is 6.25. The Hall–Kier alpha value is -4.81. The maximum absolute atomic E-state index is 13.3. The van der Waals surface area contributed by atoms with E-state index in [1.807, 2.05) is 65.6 Å². The molecule has 3 N–H and O–H groups in total. The first-order chi connectivity index (χ1) is 25.3. The number of carbonyl (C=O) groups excluding carboxylic acids is 2. The average molecular weight is 741 g/mol.